The van der Waals surface area contributed by atoms with Crippen LogP contribution in [0.5, 0.6) is 23.0 Å². The maximum Gasteiger partial charge on any atom is 0.453 e. The third-order valence-electron chi connectivity index (χ3n) is 4.29. The van der Waals surface area contributed by atoms with Crippen LogP contribution in [-0.4, -0.2) is 25.8 Å². The molecule has 0 N–H and O–H groups in total. The van der Waals surface area contributed by atoms with Gasteiger partial charge in [0.25, 0.3) is 5.76 Å². The first kappa shape index (κ1) is 23.0. The monoisotopic (exact) mass is 452 g/mol. The first-order chi connectivity index (χ1) is 15.1. The minimum Gasteiger partial charge on any atom is -0.497 e. The number of esters is 1. The zero-order valence-electron chi connectivity index (χ0n) is 17.3. The van der Waals surface area contributed by atoms with E-state index in [4.69, 9.17) is 23.4 Å². The zero-order chi connectivity index (χ0) is 23.5. The SMILES string of the molecule is CCOC(=O)C(C)Oc1ccc2c(=O)c(Oc3ccc(OC)cc3)c(C(F)(F)F)oc2c1. The number of ether oxygens (including phenoxy) is 4. The van der Waals surface area contributed by atoms with Gasteiger partial charge in [0.15, 0.2) is 6.10 Å². The number of hydrogen-bond acceptors (Lipinski definition) is 7. The Bertz CT molecular complexity index is 1170. The summed E-state index contributed by atoms with van der Waals surface area (Å²) in [4.78, 5) is 24.5. The highest BCUT2D eigenvalue weighted by Crippen LogP contribution is 2.38. The molecule has 170 valence electrons. The Morgan fingerprint density at radius 3 is 2.28 bits per heavy atom. The lowest BCUT2D eigenvalue weighted by Crippen LogP contribution is -2.26. The summed E-state index contributed by atoms with van der Waals surface area (Å²) >= 11 is 0. The molecule has 1 heterocycles. The molecule has 1 unspecified atom stereocenters. The highest BCUT2D eigenvalue weighted by atomic mass is 19.4. The van der Waals surface area contributed by atoms with Gasteiger partial charge in [-0.2, -0.15) is 13.2 Å². The third kappa shape index (κ3) is 4.96. The van der Waals surface area contributed by atoms with Crippen molar-refractivity contribution in [3.05, 3.63) is 58.4 Å². The van der Waals surface area contributed by atoms with Gasteiger partial charge < -0.3 is 23.4 Å². The average molecular weight is 452 g/mol. The fourth-order valence-corrected chi connectivity index (χ4v) is 2.78. The first-order valence-corrected chi connectivity index (χ1v) is 9.47. The Kier molecular flexibility index (Phi) is 6.61. The van der Waals surface area contributed by atoms with E-state index in [-0.39, 0.29) is 29.1 Å². The first-order valence-electron chi connectivity index (χ1n) is 9.47. The van der Waals surface area contributed by atoms with E-state index < -0.39 is 35.2 Å². The van der Waals surface area contributed by atoms with Crippen molar-refractivity contribution in [3.8, 4) is 23.0 Å². The molecule has 0 spiro atoms. The Morgan fingerprint density at radius 2 is 1.69 bits per heavy atom. The lowest BCUT2D eigenvalue weighted by Gasteiger charge is -2.15. The molecule has 0 amide bonds. The predicted octanol–water partition coefficient (Wildman–Crippen LogP) is 4.94. The number of fused-ring (bicyclic) bond motifs is 1. The number of methoxy groups -OCH3 is 1. The molecule has 0 aliphatic carbocycles. The summed E-state index contributed by atoms with van der Waals surface area (Å²) in [6.45, 7) is 3.19. The normalized spacial score (nSPS) is 12.3. The Morgan fingerprint density at radius 1 is 1.06 bits per heavy atom. The van der Waals surface area contributed by atoms with E-state index in [1.807, 2.05) is 0 Å². The number of rotatable bonds is 7. The summed E-state index contributed by atoms with van der Waals surface area (Å²) in [6.07, 6.45) is -6.02. The zero-order valence-corrected chi connectivity index (χ0v) is 17.3. The predicted molar refractivity (Wildman–Crippen MR) is 107 cm³/mol. The molecule has 0 saturated carbocycles. The van der Waals surface area contributed by atoms with Gasteiger partial charge in [-0.1, -0.05) is 0 Å². The second-order valence-corrected chi connectivity index (χ2v) is 6.53. The molecule has 0 aliphatic rings. The summed E-state index contributed by atoms with van der Waals surface area (Å²) in [7, 11) is 1.43. The van der Waals surface area contributed by atoms with Gasteiger partial charge in [-0.15, -0.1) is 0 Å². The van der Waals surface area contributed by atoms with Crippen LogP contribution in [0.15, 0.2) is 51.7 Å². The maximum absolute atomic E-state index is 13.7. The highest BCUT2D eigenvalue weighted by Gasteiger charge is 2.40. The fraction of sp³-hybridized carbons (Fsp3) is 0.273. The molecular weight excluding hydrogens is 433 g/mol. The van der Waals surface area contributed by atoms with Gasteiger partial charge in [0.2, 0.25) is 11.2 Å². The van der Waals surface area contributed by atoms with Gasteiger partial charge in [0, 0.05) is 6.07 Å². The van der Waals surface area contributed by atoms with Crippen molar-refractivity contribution in [3.63, 3.8) is 0 Å². The molecule has 3 rings (SSSR count). The lowest BCUT2D eigenvalue weighted by atomic mass is 10.2. The molecule has 0 radical (unpaired) electrons. The molecule has 0 saturated heterocycles. The standard InChI is InChI=1S/C22H19F3O7/c1-4-29-21(27)12(2)30-15-9-10-16-17(11-15)32-20(22(23,24)25)19(18(16)26)31-14-7-5-13(28-3)6-8-14/h5-12H,4H2,1-3H3. The highest BCUT2D eigenvalue weighted by molar-refractivity contribution is 5.80. The van der Waals surface area contributed by atoms with Gasteiger partial charge in [0.1, 0.15) is 22.8 Å². The maximum atomic E-state index is 13.7. The van der Waals surface area contributed by atoms with Crippen molar-refractivity contribution < 1.29 is 41.3 Å². The van der Waals surface area contributed by atoms with Crippen LogP contribution in [0.4, 0.5) is 13.2 Å². The second kappa shape index (κ2) is 9.21. The van der Waals surface area contributed by atoms with Crippen molar-refractivity contribution in [1.82, 2.24) is 0 Å². The molecule has 0 bridgehead atoms. The smallest absolute Gasteiger partial charge is 0.453 e. The average Bonchev–Trinajstić information content (AvgIpc) is 2.75. The number of carbonyl (C=O) groups is 1. The number of carbonyl (C=O) groups excluding carboxylic acids is 1. The van der Waals surface area contributed by atoms with Crippen LogP contribution in [0.1, 0.15) is 19.6 Å². The summed E-state index contributed by atoms with van der Waals surface area (Å²) in [6, 6.07) is 9.32. The number of hydrogen-bond donors (Lipinski definition) is 0. The van der Waals surface area contributed by atoms with Crippen LogP contribution >= 0.6 is 0 Å². The summed E-state index contributed by atoms with van der Waals surface area (Å²) in [5, 5.41) is -0.155. The molecule has 7 nitrogen and oxygen atoms in total. The molecule has 32 heavy (non-hydrogen) atoms. The van der Waals surface area contributed by atoms with E-state index in [0.29, 0.717) is 5.75 Å². The van der Waals surface area contributed by atoms with Gasteiger partial charge in [-0.25, -0.2) is 4.79 Å². The lowest BCUT2D eigenvalue weighted by molar-refractivity contribution is -0.154. The molecule has 3 aromatic rings. The fourth-order valence-electron chi connectivity index (χ4n) is 2.78. The van der Waals surface area contributed by atoms with Crippen molar-refractivity contribution in [2.75, 3.05) is 13.7 Å². The molecule has 0 aliphatic heterocycles. The van der Waals surface area contributed by atoms with Crippen molar-refractivity contribution in [2.24, 2.45) is 0 Å². The van der Waals surface area contributed by atoms with Crippen LogP contribution < -0.4 is 19.6 Å². The molecule has 1 atom stereocenters. The molecular formula is C22H19F3O7. The Balaban J connectivity index is 2.03. The van der Waals surface area contributed by atoms with Gasteiger partial charge >= 0.3 is 12.1 Å². The van der Waals surface area contributed by atoms with Crippen LogP contribution in [-0.2, 0) is 15.7 Å². The van der Waals surface area contributed by atoms with Gasteiger partial charge in [-0.3, -0.25) is 4.79 Å². The van der Waals surface area contributed by atoms with Crippen molar-refractivity contribution >= 4 is 16.9 Å². The van der Waals surface area contributed by atoms with E-state index in [1.54, 1.807) is 6.92 Å². The minimum absolute atomic E-state index is 0.00818. The summed E-state index contributed by atoms with van der Waals surface area (Å²) in [5.41, 5.74) is -1.39. The van der Waals surface area contributed by atoms with Crippen LogP contribution in [0, 0.1) is 0 Å². The number of benzene rings is 2. The molecule has 10 heteroatoms. The van der Waals surface area contributed by atoms with Crippen molar-refractivity contribution in [2.45, 2.75) is 26.1 Å². The molecule has 2 aromatic carbocycles. The Hall–Kier alpha value is -3.69. The van der Waals surface area contributed by atoms with Gasteiger partial charge in [-0.05, 0) is 50.2 Å². The summed E-state index contributed by atoms with van der Waals surface area (Å²) < 4.78 is 66.4. The van der Waals surface area contributed by atoms with Crippen LogP contribution in [0.3, 0.4) is 0 Å². The molecule has 0 fully saturated rings. The second-order valence-electron chi connectivity index (χ2n) is 6.53. The number of alkyl halides is 3. The topological polar surface area (TPSA) is 84.2 Å². The van der Waals surface area contributed by atoms with E-state index in [1.165, 1.54) is 50.4 Å². The third-order valence-corrected chi connectivity index (χ3v) is 4.29. The van der Waals surface area contributed by atoms with E-state index >= 15 is 0 Å². The van der Waals surface area contributed by atoms with Crippen LogP contribution in [0.25, 0.3) is 11.0 Å². The van der Waals surface area contributed by atoms with E-state index in [2.05, 4.69) is 0 Å². The number of halogens is 3. The van der Waals surface area contributed by atoms with E-state index in [0.717, 1.165) is 6.07 Å². The summed E-state index contributed by atoms with van der Waals surface area (Å²) in [5.74, 6) is -2.76. The molecule has 1 aromatic heterocycles. The van der Waals surface area contributed by atoms with E-state index in [9.17, 15) is 22.8 Å². The van der Waals surface area contributed by atoms with Crippen LogP contribution in [0.2, 0.25) is 0 Å². The quantitative estimate of drug-likeness (QED) is 0.470. The largest absolute Gasteiger partial charge is 0.497 e. The Labute approximate surface area is 180 Å². The van der Waals surface area contributed by atoms with Crippen molar-refractivity contribution in [1.29, 1.82) is 0 Å². The van der Waals surface area contributed by atoms with Gasteiger partial charge in [0.05, 0.1) is 19.1 Å². The minimum atomic E-state index is -5.01.